The van der Waals surface area contributed by atoms with Crippen molar-refractivity contribution in [2.45, 2.75) is 63.2 Å². The van der Waals surface area contributed by atoms with Crippen molar-refractivity contribution in [1.82, 2.24) is 35.1 Å². The van der Waals surface area contributed by atoms with Gasteiger partial charge in [-0.25, -0.2) is 13.6 Å². The standard InChI is InChI=1S/C42H50F2N10O5/c1-41(2)24-49(20-26-10-12-50(13-11-26)28-7-6-27-21-52(39(58)30(27)18-28)33-8-9-35(55)46-38(33)57)14-16-54(41)40(59)51-15-17-53-34-19-32(29-4-3-5-31(44)36(29)56)47-48-37(34)45-23-42(53,22-43)25-51/h3-7,18-19,26,33,56H,8-17,20-25H2,1-2H3,(H,45,48)(H,46,55,57)/t33-,42+/m0/s1. The maximum Gasteiger partial charge on any atom is 0.320 e. The summed E-state index contributed by atoms with van der Waals surface area (Å²) in [4.78, 5) is 63.8. The number of anilines is 3. The topological polar surface area (TPSA) is 158 Å². The number of nitrogens with one attached hydrogen (secondary N) is 2. The van der Waals surface area contributed by atoms with E-state index >= 15 is 4.39 Å². The van der Waals surface area contributed by atoms with Crippen molar-refractivity contribution in [2.24, 2.45) is 5.92 Å². The van der Waals surface area contributed by atoms with Crippen molar-refractivity contribution in [3.05, 3.63) is 59.4 Å². The van der Waals surface area contributed by atoms with Gasteiger partial charge < -0.3 is 34.9 Å². The van der Waals surface area contributed by atoms with Crippen molar-refractivity contribution in [2.75, 3.05) is 87.2 Å². The monoisotopic (exact) mass is 812 g/mol. The van der Waals surface area contributed by atoms with E-state index in [9.17, 15) is 28.7 Å². The molecule has 312 valence electrons. The zero-order chi connectivity index (χ0) is 41.2. The van der Waals surface area contributed by atoms with Crippen LogP contribution in [0.15, 0.2) is 42.5 Å². The Kier molecular flexibility index (Phi) is 9.83. The number of carbonyl (C=O) groups excluding carboxylic acids is 4. The van der Waals surface area contributed by atoms with E-state index in [0.717, 1.165) is 56.3 Å². The number of phenols is 1. The number of urea groups is 1. The van der Waals surface area contributed by atoms with Crippen LogP contribution in [-0.4, -0.2) is 148 Å². The summed E-state index contributed by atoms with van der Waals surface area (Å²) < 4.78 is 29.4. The number of para-hydroxylation sites is 1. The third kappa shape index (κ3) is 6.96. The Morgan fingerprint density at radius 2 is 1.76 bits per heavy atom. The van der Waals surface area contributed by atoms with Gasteiger partial charge in [-0.3, -0.25) is 24.6 Å². The van der Waals surface area contributed by atoms with Gasteiger partial charge in [0.15, 0.2) is 17.4 Å². The minimum absolute atomic E-state index is 0.104. The van der Waals surface area contributed by atoms with E-state index in [2.05, 4.69) is 50.5 Å². The number of fused-ring (bicyclic) bond motifs is 4. The zero-order valence-electron chi connectivity index (χ0n) is 33.4. The molecule has 6 aliphatic rings. The summed E-state index contributed by atoms with van der Waals surface area (Å²) in [6.07, 6.45) is 2.56. The summed E-state index contributed by atoms with van der Waals surface area (Å²) in [5.74, 6) is -1.22. The van der Waals surface area contributed by atoms with E-state index < -0.39 is 41.3 Å². The van der Waals surface area contributed by atoms with Gasteiger partial charge in [0.1, 0.15) is 18.3 Å². The van der Waals surface area contributed by atoms with Gasteiger partial charge in [0.2, 0.25) is 11.8 Å². The Balaban J connectivity index is 0.792. The molecular weight excluding hydrogens is 763 g/mol. The molecule has 6 aliphatic heterocycles. The molecule has 15 nitrogen and oxygen atoms in total. The number of phenolic OH excluding ortho intramolecular Hbond substituents is 1. The summed E-state index contributed by atoms with van der Waals surface area (Å²) >= 11 is 0. The number of halogens is 2. The highest BCUT2D eigenvalue weighted by Crippen LogP contribution is 2.41. The first-order valence-corrected chi connectivity index (χ1v) is 20.6. The number of nitrogens with zero attached hydrogens (tertiary/aromatic N) is 8. The van der Waals surface area contributed by atoms with Crippen LogP contribution in [0.5, 0.6) is 5.75 Å². The average Bonchev–Trinajstić information content (AvgIpc) is 3.55. The molecule has 59 heavy (non-hydrogen) atoms. The number of piperazine rings is 2. The number of benzene rings is 2. The number of piperidine rings is 2. The molecule has 5 amide bonds. The number of hydrogen-bond acceptors (Lipinski definition) is 11. The number of aromatic nitrogens is 2. The molecule has 1 aromatic heterocycles. The first-order valence-electron chi connectivity index (χ1n) is 20.6. The number of imide groups is 1. The summed E-state index contributed by atoms with van der Waals surface area (Å²) in [6, 6.07) is 11.1. The molecule has 0 aliphatic carbocycles. The lowest BCUT2D eigenvalue weighted by Crippen LogP contribution is -2.72. The van der Waals surface area contributed by atoms with Gasteiger partial charge in [-0.15, -0.1) is 10.2 Å². The lowest BCUT2D eigenvalue weighted by Gasteiger charge is -2.55. The minimum atomic E-state index is -1.04. The Morgan fingerprint density at radius 1 is 0.949 bits per heavy atom. The Labute approximate surface area is 341 Å². The highest BCUT2D eigenvalue weighted by Gasteiger charge is 2.49. The molecule has 2 aromatic carbocycles. The van der Waals surface area contributed by atoms with Crippen LogP contribution < -0.4 is 20.4 Å². The molecular formula is C42H50F2N10O5. The average molecular weight is 813 g/mol. The quantitative estimate of drug-likeness (QED) is 0.314. The molecule has 4 fully saturated rings. The zero-order valence-corrected chi connectivity index (χ0v) is 33.4. The lowest BCUT2D eigenvalue weighted by atomic mass is 9.91. The van der Waals surface area contributed by atoms with Gasteiger partial charge in [-0.05, 0) is 74.9 Å². The Hall–Kier alpha value is -5.58. The molecule has 3 aromatic rings. The molecule has 7 heterocycles. The Morgan fingerprint density at radius 3 is 2.53 bits per heavy atom. The number of carbonyl (C=O) groups is 4. The number of amides is 5. The summed E-state index contributed by atoms with van der Waals surface area (Å²) in [5.41, 5.74) is 2.07. The molecule has 17 heteroatoms. The second kappa shape index (κ2) is 14.9. The van der Waals surface area contributed by atoms with Crippen molar-refractivity contribution >= 4 is 40.9 Å². The van der Waals surface area contributed by atoms with Crippen molar-refractivity contribution < 1.29 is 33.1 Å². The van der Waals surface area contributed by atoms with E-state index in [1.807, 2.05) is 21.9 Å². The third-order valence-corrected chi connectivity index (χ3v) is 13.3. The molecule has 0 spiro atoms. The third-order valence-electron chi connectivity index (χ3n) is 13.3. The second-order valence-corrected chi connectivity index (χ2v) is 17.5. The molecule has 0 bridgehead atoms. The van der Waals surface area contributed by atoms with Crippen LogP contribution in [0.3, 0.4) is 0 Å². The molecule has 9 rings (SSSR count). The highest BCUT2D eigenvalue weighted by atomic mass is 19.1. The molecule has 0 radical (unpaired) electrons. The van der Waals surface area contributed by atoms with Crippen LogP contribution in [0.25, 0.3) is 11.3 Å². The number of alkyl halides is 1. The molecule has 0 saturated carbocycles. The van der Waals surface area contributed by atoms with Crippen LogP contribution in [0, 0.1) is 11.7 Å². The smallest absolute Gasteiger partial charge is 0.320 e. The van der Waals surface area contributed by atoms with E-state index in [-0.39, 0.29) is 48.6 Å². The van der Waals surface area contributed by atoms with Gasteiger partial charge in [0.05, 0.1) is 16.9 Å². The van der Waals surface area contributed by atoms with Gasteiger partial charge in [-0.2, -0.15) is 0 Å². The fraction of sp³-hybridized carbons (Fsp3) is 0.524. The Bertz CT molecular complexity index is 2200. The fourth-order valence-electron chi connectivity index (χ4n) is 10.1. The SMILES string of the molecule is CC1(C)CN(CC2CCN(c3ccc4c(c3)C(=O)N([C@H]3CCC(=O)NC3=O)C4)CC2)CCN1C(=O)N1CCN2c3cc(-c4cccc(F)c4O)nnc3NC[C@]2(CF)C1. The largest absolute Gasteiger partial charge is 0.504 e. The van der Waals surface area contributed by atoms with E-state index in [1.165, 1.54) is 6.07 Å². The summed E-state index contributed by atoms with van der Waals surface area (Å²) in [5, 5.41) is 24.4. The fourth-order valence-corrected chi connectivity index (χ4v) is 10.1. The van der Waals surface area contributed by atoms with Crippen LogP contribution in [0.1, 0.15) is 55.5 Å². The minimum Gasteiger partial charge on any atom is -0.504 e. The van der Waals surface area contributed by atoms with E-state index in [4.69, 9.17) is 0 Å². The molecule has 0 unspecified atom stereocenters. The maximum atomic E-state index is 15.2. The van der Waals surface area contributed by atoms with Gasteiger partial charge >= 0.3 is 6.03 Å². The number of rotatable bonds is 6. The maximum absolute atomic E-state index is 15.2. The van der Waals surface area contributed by atoms with Gasteiger partial charge in [-0.1, -0.05) is 12.1 Å². The van der Waals surface area contributed by atoms with Crippen molar-refractivity contribution in [1.29, 1.82) is 0 Å². The van der Waals surface area contributed by atoms with Crippen LogP contribution in [0.4, 0.5) is 30.8 Å². The van der Waals surface area contributed by atoms with Crippen LogP contribution in [0.2, 0.25) is 0 Å². The van der Waals surface area contributed by atoms with Crippen molar-refractivity contribution in [3.63, 3.8) is 0 Å². The molecule has 4 saturated heterocycles. The lowest BCUT2D eigenvalue weighted by molar-refractivity contribution is -0.136. The number of hydrogen-bond donors (Lipinski definition) is 3. The molecule has 2 atom stereocenters. The molecule has 3 N–H and O–H groups in total. The van der Waals surface area contributed by atoms with Gasteiger partial charge in [0.25, 0.3) is 5.91 Å². The second-order valence-electron chi connectivity index (χ2n) is 17.5. The first-order chi connectivity index (χ1) is 28.3. The summed E-state index contributed by atoms with van der Waals surface area (Å²) in [6.45, 7) is 9.65. The predicted octanol–water partition coefficient (Wildman–Crippen LogP) is 3.44. The normalized spacial score (nSPS) is 24.7. The first kappa shape index (κ1) is 38.9. The van der Waals surface area contributed by atoms with E-state index in [0.29, 0.717) is 62.1 Å². The van der Waals surface area contributed by atoms with Crippen LogP contribution >= 0.6 is 0 Å². The van der Waals surface area contributed by atoms with Crippen LogP contribution in [-0.2, 0) is 16.1 Å². The number of aromatic hydroxyl groups is 1. The summed E-state index contributed by atoms with van der Waals surface area (Å²) in [7, 11) is 0. The highest BCUT2D eigenvalue weighted by molar-refractivity contribution is 6.05. The van der Waals surface area contributed by atoms with Crippen molar-refractivity contribution in [3.8, 4) is 17.0 Å². The van der Waals surface area contributed by atoms with Gasteiger partial charge in [0, 0.05) is 95.2 Å². The predicted molar refractivity (Wildman–Crippen MR) is 215 cm³/mol. The van der Waals surface area contributed by atoms with E-state index in [1.54, 1.807) is 21.9 Å².